The number of hydrogen-bond donors (Lipinski definition) is 1. The molecule has 0 aliphatic heterocycles. The quantitative estimate of drug-likeness (QED) is 0.806. The topological polar surface area (TPSA) is 76.2 Å². The lowest BCUT2D eigenvalue weighted by Crippen LogP contribution is -1.99. The molecule has 5 nitrogen and oxygen atoms in total. The second kappa shape index (κ2) is 3.53. The third kappa shape index (κ3) is 1.59. The standard InChI is InChI=1S/C10H8N2O3/c1-6-8(7-3-2-4-11-5-7)9(10(13)14)12-15-6/h2-5H,1H3,(H,13,14). The van der Waals surface area contributed by atoms with Crippen LogP contribution < -0.4 is 0 Å². The first-order valence-electron chi connectivity index (χ1n) is 4.30. The van der Waals surface area contributed by atoms with E-state index in [4.69, 9.17) is 9.63 Å². The first-order chi connectivity index (χ1) is 7.20. The van der Waals surface area contributed by atoms with Crippen LogP contribution in [0.3, 0.4) is 0 Å². The van der Waals surface area contributed by atoms with Gasteiger partial charge in [0.25, 0.3) is 0 Å². The molecule has 0 atom stereocenters. The van der Waals surface area contributed by atoms with Crippen LogP contribution in [0, 0.1) is 6.92 Å². The Balaban J connectivity index is 2.62. The molecule has 0 bridgehead atoms. The van der Waals surface area contributed by atoms with E-state index in [-0.39, 0.29) is 5.69 Å². The molecule has 0 aliphatic carbocycles. The molecule has 0 saturated carbocycles. The van der Waals surface area contributed by atoms with Gasteiger partial charge in [-0.3, -0.25) is 4.98 Å². The summed E-state index contributed by atoms with van der Waals surface area (Å²) in [6, 6.07) is 3.49. The monoisotopic (exact) mass is 204 g/mol. The first kappa shape index (κ1) is 9.39. The maximum atomic E-state index is 10.9. The number of aromatic nitrogens is 2. The number of hydrogen-bond acceptors (Lipinski definition) is 4. The van der Waals surface area contributed by atoms with Crippen molar-refractivity contribution in [2.75, 3.05) is 0 Å². The van der Waals surface area contributed by atoms with E-state index in [1.807, 2.05) is 0 Å². The second-order valence-electron chi connectivity index (χ2n) is 3.01. The minimum Gasteiger partial charge on any atom is -0.476 e. The van der Waals surface area contributed by atoms with Gasteiger partial charge in [0.1, 0.15) is 5.76 Å². The van der Waals surface area contributed by atoms with Crippen LogP contribution in [0.5, 0.6) is 0 Å². The summed E-state index contributed by atoms with van der Waals surface area (Å²) in [5.74, 6) is -0.633. The van der Waals surface area contributed by atoms with Crippen molar-refractivity contribution >= 4 is 5.97 Å². The maximum Gasteiger partial charge on any atom is 0.358 e. The fraction of sp³-hybridized carbons (Fsp3) is 0.100. The van der Waals surface area contributed by atoms with Gasteiger partial charge in [-0.15, -0.1) is 0 Å². The van der Waals surface area contributed by atoms with Crippen LogP contribution in [-0.4, -0.2) is 21.2 Å². The Kier molecular flexibility index (Phi) is 2.21. The van der Waals surface area contributed by atoms with Crippen molar-refractivity contribution in [1.82, 2.24) is 10.1 Å². The van der Waals surface area contributed by atoms with E-state index < -0.39 is 5.97 Å². The van der Waals surface area contributed by atoms with Crippen molar-refractivity contribution in [3.63, 3.8) is 0 Å². The van der Waals surface area contributed by atoms with Crippen LogP contribution in [0.4, 0.5) is 0 Å². The van der Waals surface area contributed by atoms with E-state index in [1.54, 1.807) is 31.5 Å². The van der Waals surface area contributed by atoms with Crippen molar-refractivity contribution in [3.05, 3.63) is 36.0 Å². The lowest BCUT2D eigenvalue weighted by Gasteiger charge is -1.97. The zero-order valence-corrected chi connectivity index (χ0v) is 7.97. The van der Waals surface area contributed by atoms with Gasteiger partial charge in [0.15, 0.2) is 5.69 Å². The fourth-order valence-electron chi connectivity index (χ4n) is 1.37. The number of rotatable bonds is 2. The average molecular weight is 204 g/mol. The molecular weight excluding hydrogens is 196 g/mol. The summed E-state index contributed by atoms with van der Waals surface area (Å²) < 4.78 is 4.85. The molecule has 0 spiro atoms. The first-order valence-corrected chi connectivity index (χ1v) is 4.30. The summed E-state index contributed by atoms with van der Waals surface area (Å²) in [4.78, 5) is 14.8. The van der Waals surface area contributed by atoms with Gasteiger partial charge in [-0.25, -0.2) is 4.79 Å². The van der Waals surface area contributed by atoms with E-state index >= 15 is 0 Å². The summed E-state index contributed by atoms with van der Waals surface area (Å²) in [6.45, 7) is 1.67. The normalized spacial score (nSPS) is 10.2. The van der Waals surface area contributed by atoms with Crippen LogP contribution in [-0.2, 0) is 0 Å². The lowest BCUT2D eigenvalue weighted by molar-refractivity contribution is 0.0686. The molecule has 2 aromatic heterocycles. The number of aromatic carboxylic acids is 1. The van der Waals surface area contributed by atoms with E-state index in [2.05, 4.69) is 10.1 Å². The minimum atomic E-state index is -1.11. The zero-order valence-electron chi connectivity index (χ0n) is 7.97. The molecule has 0 unspecified atom stereocenters. The van der Waals surface area contributed by atoms with Crippen LogP contribution in [0.25, 0.3) is 11.1 Å². The van der Waals surface area contributed by atoms with Crippen molar-refractivity contribution in [2.24, 2.45) is 0 Å². The molecule has 0 radical (unpaired) electrons. The van der Waals surface area contributed by atoms with Crippen LogP contribution in [0.15, 0.2) is 29.0 Å². The summed E-state index contributed by atoms with van der Waals surface area (Å²) in [5, 5.41) is 12.4. The highest BCUT2D eigenvalue weighted by molar-refractivity contribution is 5.94. The van der Waals surface area contributed by atoms with Crippen LogP contribution in [0.1, 0.15) is 16.2 Å². The average Bonchev–Trinajstić information content (AvgIpc) is 2.61. The zero-order chi connectivity index (χ0) is 10.8. The Bertz CT molecular complexity index is 491. The van der Waals surface area contributed by atoms with Crippen molar-refractivity contribution in [3.8, 4) is 11.1 Å². The van der Waals surface area contributed by atoms with Gasteiger partial charge in [-0.05, 0) is 13.0 Å². The number of carbonyl (C=O) groups is 1. The highest BCUT2D eigenvalue weighted by Crippen LogP contribution is 2.26. The molecule has 0 aromatic carbocycles. The molecule has 1 N–H and O–H groups in total. The van der Waals surface area contributed by atoms with Gasteiger partial charge < -0.3 is 9.63 Å². The van der Waals surface area contributed by atoms with Gasteiger partial charge in [0.05, 0.1) is 5.56 Å². The Morgan fingerprint density at radius 1 is 1.53 bits per heavy atom. The van der Waals surface area contributed by atoms with Crippen LogP contribution >= 0.6 is 0 Å². The van der Waals surface area contributed by atoms with Gasteiger partial charge in [0.2, 0.25) is 0 Å². The Hall–Kier alpha value is -2.17. The molecule has 0 aliphatic rings. The third-order valence-corrected chi connectivity index (χ3v) is 2.02. The number of nitrogens with zero attached hydrogens (tertiary/aromatic N) is 2. The highest BCUT2D eigenvalue weighted by atomic mass is 16.5. The van der Waals surface area contributed by atoms with Crippen LogP contribution in [0.2, 0.25) is 0 Å². The lowest BCUT2D eigenvalue weighted by atomic mass is 10.1. The second-order valence-corrected chi connectivity index (χ2v) is 3.01. The summed E-state index contributed by atoms with van der Waals surface area (Å²) in [5.41, 5.74) is 1.09. The predicted octanol–water partition coefficient (Wildman–Crippen LogP) is 1.74. The van der Waals surface area contributed by atoms with E-state index in [0.717, 1.165) is 0 Å². The number of aryl methyl sites for hydroxylation is 1. The summed E-state index contributed by atoms with van der Waals surface area (Å²) >= 11 is 0. The van der Waals surface area contributed by atoms with Crippen molar-refractivity contribution < 1.29 is 14.4 Å². The molecule has 0 saturated heterocycles. The third-order valence-electron chi connectivity index (χ3n) is 2.02. The molecule has 5 heteroatoms. The number of pyridine rings is 1. The highest BCUT2D eigenvalue weighted by Gasteiger charge is 2.20. The number of carboxylic acid groups (broad SMARTS) is 1. The smallest absolute Gasteiger partial charge is 0.358 e. The van der Waals surface area contributed by atoms with Gasteiger partial charge in [-0.2, -0.15) is 0 Å². The van der Waals surface area contributed by atoms with E-state index in [9.17, 15) is 4.79 Å². The molecule has 76 valence electrons. The summed E-state index contributed by atoms with van der Waals surface area (Å²) in [6.07, 6.45) is 3.19. The van der Waals surface area contributed by atoms with E-state index in [0.29, 0.717) is 16.9 Å². The Morgan fingerprint density at radius 3 is 2.93 bits per heavy atom. The molecule has 2 rings (SSSR count). The van der Waals surface area contributed by atoms with Gasteiger partial charge in [0, 0.05) is 18.0 Å². The SMILES string of the molecule is Cc1onc(C(=O)O)c1-c1cccnc1. The largest absolute Gasteiger partial charge is 0.476 e. The predicted molar refractivity (Wildman–Crippen MR) is 51.4 cm³/mol. The molecule has 2 aromatic rings. The Morgan fingerprint density at radius 2 is 2.33 bits per heavy atom. The number of carboxylic acids is 1. The Labute approximate surface area is 85.4 Å². The van der Waals surface area contributed by atoms with E-state index in [1.165, 1.54) is 0 Å². The molecular formula is C10H8N2O3. The summed E-state index contributed by atoms with van der Waals surface area (Å²) in [7, 11) is 0. The maximum absolute atomic E-state index is 10.9. The van der Waals surface area contributed by atoms with Gasteiger partial charge in [-0.1, -0.05) is 11.2 Å². The fourth-order valence-corrected chi connectivity index (χ4v) is 1.37. The minimum absolute atomic E-state index is 0.0829. The molecule has 15 heavy (non-hydrogen) atoms. The molecule has 0 amide bonds. The molecule has 2 heterocycles. The van der Waals surface area contributed by atoms with Crippen molar-refractivity contribution in [1.29, 1.82) is 0 Å². The van der Waals surface area contributed by atoms with Crippen molar-refractivity contribution in [2.45, 2.75) is 6.92 Å². The molecule has 0 fully saturated rings. The van der Waals surface area contributed by atoms with Gasteiger partial charge >= 0.3 is 5.97 Å².